The lowest BCUT2D eigenvalue weighted by Crippen LogP contribution is -2.14. The summed E-state index contributed by atoms with van der Waals surface area (Å²) in [5, 5.41) is 12.7. The van der Waals surface area contributed by atoms with Crippen LogP contribution in [0.25, 0.3) is 11.5 Å². The van der Waals surface area contributed by atoms with Gasteiger partial charge in [-0.1, -0.05) is 11.6 Å². The zero-order chi connectivity index (χ0) is 16.4. The van der Waals surface area contributed by atoms with E-state index in [2.05, 4.69) is 15.3 Å². The van der Waals surface area contributed by atoms with E-state index in [1.165, 1.54) is 12.3 Å². The number of hydrogen-bond acceptors (Lipinski definition) is 5. The van der Waals surface area contributed by atoms with Crippen molar-refractivity contribution >= 4 is 23.3 Å². The summed E-state index contributed by atoms with van der Waals surface area (Å²) in [6, 6.07) is 9.91. The maximum Gasteiger partial charge on any atom is 0.279 e. The highest BCUT2D eigenvalue weighted by Crippen LogP contribution is 2.25. The van der Waals surface area contributed by atoms with Gasteiger partial charge in [0.15, 0.2) is 17.3 Å². The molecule has 0 aliphatic heterocycles. The fraction of sp³-hybridized carbons (Fsp3) is 0.0625. The number of halogens is 1. The maximum atomic E-state index is 12.3. The number of rotatable bonds is 3. The molecule has 3 rings (SSSR count). The Hall–Kier alpha value is -2.86. The standard InChI is InChI=1S/C16H12ClN3O3/c1-9-13(15(22)20-14-12(21)3-2-8-18-14)19-16(23-9)10-4-6-11(17)7-5-10/h2-8,21H,1H3,(H,18,20,22). The largest absolute Gasteiger partial charge is 0.504 e. The Bertz CT molecular complexity index is 859. The number of aryl methyl sites for hydroxylation is 1. The number of aromatic hydroxyl groups is 1. The average Bonchev–Trinajstić information content (AvgIpc) is 2.92. The normalized spacial score (nSPS) is 10.5. The van der Waals surface area contributed by atoms with Crippen LogP contribution in [0, 0.1) is 6.92 Å². The van der Waals surface area contributed by atoms with Gasteiger partial charge in [0, 0.05) is 16.8 Å². The first kappa shape index (κ1) is 15.1. The first-order valence-electron chi connectivity index (χ1n) is 6.73. The minimum atomic E-state index is -0.513. The summed E-state index contributed by atoms with van der Waals surface area (Å²) in [7, 11) is 0. The second-order valence-corrected chi connectivity index (χ2v) is 5.19. The van der Waals surface area contributed by atoms with E-state index >= 15 is 0 Å². The zero-order valence-corrected chi connectivity index (χ0v) is 12.8. The first-order valence-corrected chi connectivity index (χ1v) is 7.11. The lowest BCUT2D eigenvalue weighted by molar-refractivity contribution is 0.102. The smallest absolute Gasteiger partial charge is 0.279 e. The quantitative estimate of drug-likeness (QED) is 0.765. The molecule has 0 atom stereocenters. The van der Waals surface area contributed by atoms with E-state index in [9.17, 15) is 9.90 Å². The van der Waals surface area contributed by atoms with Crippen molar-refractivity contribution in [3.8, 4) is 17.2 Å². The third-order valence-electron chi connectivity index (χ3n) is 3.12. The fourth-order valence-corrected chi connectivity index (χ4v) is 2.11. The Balaban J connectivity index is 1.87. The molecule has 7 heteroatoms. The van der Waals surface area contributed by atoms with Crippen LogP contribution in [0.15, 0.2) is 47.0 Å². The summed E-state index contributed by atoms with van der Waals surface area (Å²) in [6.45, 7) is 1.64. The van der Waals surface area contributed by atoms with Gasteiger partial charge in [0.1, 0.15) is 5.76 Å². The van der Waals surface area contributed by atoms with Crippen molar-refractivity contribution in [3.63, 3.8) is 0 Å². The van der Waals surface area contributed by atoms with Crippen LogP contribution in [0.2, 0.25) is 5.02 Å². The number of benzene rings is 1. The monoisotopic (exact) mass is 329 g/mol. The van der Waals surface area contributed by atoms with Gasteiger partial charge in [-0.2, -0.15) is 0 Å². The van der Waals surface area contributed by atoms with Gasteiger partial charge in [0.25, 0.3) is 5.91 Å². The molecule has 2 heterocycles. The van der Waals surface area contributed by atoms with E-state index < -0.39 is 5.91 Å². The Morgan fingerprint density at radius 2 is 2.00 bits per heavy atom. The molecule has 2 aromatic heterocycles. The summed E-state index contributed by atoms with van der Waals surface area (Å²) in [5.41, 5.74) is 0.831. The molecule has 0 radical (unpaired) electrons. The number of pyridine rings is 1. The van der Waals surface area contributed by atoms with Crippen LogP contribution in [-0.2, 0) is 0 Å². The van der Waals surface area contributed by atoms with E-state index in [-0.39, 0.29) is 17.3 Å². The van der Waals surface area contributed by atoms with Crippen molar-refractivity contribution in [2.45, 2.75) is 6.92 Å². The summed E-state index contributed by atoms with van der Waals surface area (Å²) < 4.78 is 5.53. The van der Waals surface area contributed by atoms with Gasteiger partial charge in [0.2, 0.25) is 5.89 Å². The van der Waals surface area contributed by atoms with Gasteiger partial charge >= 0.3 is 0 Å². The molecule has 0 fully saturated rings. The molecule has 0 spiro atoms. The molecule has 2 N–H and O–H groups in total. The zero-order valence-electron chi connectivity index (χ0n) is 12.1. The van der Waals surface area contributed by atoms with Gasteiger partial charge in [-0.05, 0) is 43.3 Å². The molecule has 0 saturated heterocycles. The number of amides is 1. The Labute approximate surface area is 136 Å². The van der Waals surface area contributed by atoms with Crippen LogP contribution < -0.4 is 5.32 Å². The number of carbonyl (C=O) groups is 1. The number of anilines is 1. The molecule has 0 aliphatic rings. The van der Waals surface area contributed by atoms with Crippen molar-refractivity contribution in [3.05, 3.63) is 59.1 Å². The topological polar surface area (TPSA) is 88.3 Å². The summed E-state index contributed by atoms with van der Waals surface area (Å²) in [5.74, 6) is 0.103. The number of hydrogen-bond donors (Lipinski definition) is 2. The van der Waals surface area contributed by atoms with Crippen LogP contribution >= 0.6 is 11.6 Å². The summed E-state index contributed by atoms with van der Waals surface area (Å²) in [4.78, 5) is 20.4. The van der Waals surface area contributed by atoms with E-state index in [4.69, 9.17) is 16.0 Å². The molecule has 6 nitrogen and oxygen atoms in total. The minimum Gasteiger partial charge on any atom is -0.504 e. The van der Waals surface area contributed by atoms with Crippen LogP contribution in [0.4, 0.5) is 5.82 Å². The SMILES string of the molecule is Cc1oc(-c2ccc(Cl)cc2)nc1C(=O)Nc1ncccc1O. The van der Waals surface area contributed by atoms with Gasteiger partial charge in [-0.25, -0.2) is 9.97 Å². The molecular formula is C16H12ClN3O3. The average molecular weight is 330 g/mol. The Kier molecular flexibility index (Phi) is 3.99. The highest BCUT2D eigenvalue weighted by Gasteiger charge is 2.19. The number of nitrogens with zero attached hydrogens (tertiary/aromatic N) is 2. The molecule has 3 aromatic rings. The van der Waals surface area contributed by atoms with E-state index in [1.54, 1.807) is 37.3 Å². The Morgan fingerprint density at radius 1 is 1.26 bits per heavy atom. The van der Waals surface area contributed by atoms with E-state index in [0.29, 0.717) is 22.2 Å². The molecule has 1 aromatic carbocycles. The number of nitrogens with one attached hydrogen (secondary N) is 1. The molecule has 23 heavy (non-hydrogen) atoms. The summed E-state index contributed by atoms with van der Waals surface area (Å²) >= 11 is 5.85. The molecule has 0 aliphatic carbocycles. The summed E-state index contributed by atoms with van der Waals surface area (Å²) in [6.07, 6.45) is 1.46. The molecular weight excluding hydrogens is 318 g/mol. The molecule has 0 bridgehead atoms. The minimum absolute atomic E-state index is 0.0629. The maximum absolute atomic E-state index is 12.3. The van der Waals surface area contributed by atoms with Crippen LogP contribution in [-0.4, -0.2) is 21.0 Å². The van der Waals surface area contributed by atoms with E-state index in [1.807, 2.05) is 0 Å². The van der Waals surface area contributed by atoms with E-state index in [0.717, 1.165) is 0 Å². The van der Waals surface area contributed by atoms with Crippen molar-refractivity contribution < 1.29 is 14.3 Å². The van der Waals surface area contributed by atoms with Crippen LogP contribution in [0.5, 0.6) is 5.75 Å². The third kappa shape index (κ3) is 3.17. The highest BCUT2D eigenvalue weighted by atomic mass is 35.5. The molecule has 0 unspecified atom stereocenters. The predicted molar refractivity (Wildman–Crippen MR) is 85.5 cm³/mol. The van der Waals surface area contributed by atoms with Crippen LogP contribution in [0.1, 0.15) is 16.2 Å². The lowest BCUT2D eigenvalue weighted by Gasteiger charge is -2.03. The molecule has 0 saturated carbocycles. The lowest BCUT2D eigenvalue weighted by atomic mass is 10.2. The Morgan fingerprint density at radius 3 is 2.70 bits per heavy atom. The van der Waals surface area contributed by atoms with Crippen molar-refractivity contribution in [1.29, 1.82) is 0 Å². The van der Waals surface area contributed by atoms with Gasteiger partial charge in [-0.3, -0.25) is 4.79 Å². The first-order chi connectivity index (χ1) is 11.0. The van der Waals surface area contributed by atoms with Crippen molar-refractivity contribution in [1.82, 2.24) is 9.97 Å². The predicted octanol–water partition coefficient (Wildman–Crippen LogP) is 3.66. The third-order valence-corrected chi connectivity index (χ3v) is 3.37. The van der Waals surface area contributed by atoms with Gasteiger partial charge < -0.3 is 14.8 Å². The van der Waals surface area contributed by atoms with Crippen molar-refractivity contribution in [2.75, 3.05) is 5.32 Å². The molecule has 116 valence electrons. The highest BCUT2D eigenvalue weighted by molar-refractivity contribution is 6.30. The van der Waals surface area contributed by atoms with Gasteiger partial charge in [0.05, 0.1) is 0 Å². The molecule has 1 amide bonds. The second kappa shape index (κ2) is 6.10. The fourth-order valence-electron chi connectivity index (χ4n) is 1.98. The second-order valence-electron chi connectivity index (χ2n) is 4.76. The van der Waals surface area contributed by atoms with Crippen molar-refractivity contribution in [2.24, 2.45) is 0 Å². The number of oxazole rings is 1. The van der Waals surface area contributed by atoms with Gasteiger partial charge in [-0.15, -0.1) is 0 Å². The van der Waals surface area contributed by atoms with Crippen LogP contribution in [0.3, 0.4) is 0 Å². The number of aromatic nitrogens is 2. The number of carbonyl (C=O) groups excluding carboxylic acids is 1.